The van der Waals surface area contributed by atoms with E-state index in [0.717, 1.165) is 23.3 Å². The number of nitrogens with zero attached hydrogens (tertiary/aromatic N) is 2. The van der Waals surface area contributed by atoms with Crippen molar-refractivity contribution in [3.05, 3.63) is 71.3 Å². The van der Waals surface area contributed by atoms with Crippen molar-refractivity contribution in [2.45, 2.75) is 32.1 Å². The summed E-state index contributed by atoms with van der Waals surface area (Å²) < 4.78 is 0. The summed E-state index contributed by atoms with van der Waals surface area (Å²) in [5, 5.41) is 18.8. The van der Waals surface area contributed by atoms with Crippen LogP contribution in [0.25, 0.3) is 0 Å². The van der Waals surface area contributed by atoms with Gasteiger partial charge in [-0.15, -0.1) is 0 Å². The van der Waals surface area contributed by atoms with Gasteiger partial charge in [-0.25, -0.2) is 14.7 Å². The number of aryl methyl sites for hydroxylation is 2. The Hall–Kier alpha value is -3.55. The number of carboxylic acid groups (broad SMARTS) is 1. The fourth-order valence-corrected chi connectivity index (χ4v) is 3.41. The molecule has 0 unspecified atom stereocenters. The number of piperazine rings is 1. The molecule has 3 amide bonds. The lowest BCUT2D eigenvalue weighted by molar-refractivity contribution is -0.117. The van der Waals surface area contributed by atoms with Crippen LogP contribution in [0, 0.1) is 0 Å². The number of unbranched alkanes of at least 4 members (excludes halogenated alkanes) is 1. The zero-order valence-electron chi connectivity index (χ0n) is 18.1. The predicted molar refractivity (Wildman–Crippen MR) is 120 cm³/mol. The minimum atomic E-state index is -1.24. The molecule has 1 aliphatic heterocycles. The van der Waals surface area contributed by atoms with Gasteiger partial charge in [-0.3, -0.25) is 4.79 Å². The van der Waals surface area contributed by atoms with E-state index in [0.29, 0.717) is 6.42 Å². The highest BCUT2D eigenvalue weighted by molar-refractivity contribution is 5.76. The molecule has 8 heteroatoms. The van der Waals surface area contributed by atoms with Gasteiger partial charge in [-0.2, -0.15) is 0 Å². The summed E-state index contributed by atoms with van der Waals surface area (Å²) in [5.74, 6) is -0.277. The fraction of sp³-hybridized carbons (Fsp3) is 0.375. The number of carbonyl (C=O) groups excluding carboxylic acids is 2. The van der Waals surface area contributed by atoms with Crippen LogP contribution >= 0.6 is 0 Å². The Labute approximate surface area is 188 Å². The zero-order chi connectivity index (χ0) is 23.3. The summed E-state index contributed by atoms with van der Waals surface area (Å²) in [4.78, 5) is 33.8. The Kier molecular flexibility index (Phi) is 10.0. The second kappa shape index (κ2) is 13.0. The topological polar surface area (TPSA) is 124 Å². The molecule has 2 aromatic carbocycles. The first-order valence-electron chi connectivity index (χ1n) is 10.7. The molecule has 3 rings (SSSR count). The maximum Gasteiger partial charge on any atom is 0.453 e. The molecule has 8 nitrogen and oxygen atoms in total. The molecule has 0 atom stereocenters. The van der Waals surface area contributed by atoms with Crippen LogP contribution in [0.2, 0.25) is 0 Å². The van der Waals surface area contributed by atoms with E-state index in [1.807, 2.05) is 12.1 Å². The van der Waals surface area contributed by atoms with Gasteiger partial charge in [0.15, 0.2) is 0 Å². The number of nitrogens with two attached hydrogens (primary N) is 1. The quantitative estimate of drug-likeness (QED) is 0.642. The number of primary amides is 1. The molecule has 32 heavy (non-hydrogen) atoms. The SMILES string of the molecule is NC(=O)Cc1ccc(CCCCc2ccccc2)cc1.[O]C(=O)N1CCN(C(=O)O)CC1. The summed E-state index contributed by atoms with van der Waals surface area (Å²) in [7, 11) is 0. The first-order chi connectivity index (χ1) is 15.3. The van der Waals surface area contributed by atoms with Crippen LogP contribution in [0.5, 0.6) is 0 Å². The van der Waals surface area contributed by atoms with Crippen molar-refractivity contribution in [3.8, 4) is 0 Å². The molecule has 0 spiro atoms. The van der Waals surface area contributed by atoms with Gasteiger partial charge in [0.25, 0.3) is 0 Å². The number of benzene rings is 2. The van der Waals surface area contributed by atoms with Crippen LogP contribution in [0.4, 0.5) is 9.59 Å². The van der Waals surface area contributed by atoms with Gasteiger partial charge in [0, 0.05) is 26.2 Å². The van der Waals surface area contributed by atoms with Crippen molar-refractivity contribution < 1.29 is 24.6 Å². The van der Waals surface area contributed by atoms with Crippen molar-refractivity contribution in [2.24, 2.45) is 5.73 Å². The van der Waals surface area contributed by atoms with Crippen LogP contribution in [-0.2, 0) is 29.2 Å². The predicted octanol–water partition coefficient (Wildman–Crippen LogP) is 3.11. The molecule has 1 fully saturated rings. The normalized spacial score (nSPS) is 13.1. The molecular formula is C24H30N3O5. The fourth-order valence-electron chi connectivity index (χ4n) is 3.41. The van der Waals surface area contributed by atoms with Crippen LogP contribution < -0.4 is 5.73 Å². The van der Waals surface area contributed by atoms with Crippen LogP contribution in [0.3, 0.4) is 0 Å². The van der Waals surface area contributed by atoms with E-state index in [1.54, 1.807) is 0 Å². The van der Waals surface area contributed by atoms with Gasteiger partial charge in [0.05, 0.1) is 6.42 Å². The summed E-state index contributed by atoms with van der Waals surface area (Å²) in [6.45, 7) is 0.857. The minimum Gasteiger partial charge on any atom is -0.465 e. The monoisotopic (exact) mass is 440 g/mol. The Morgan fingerprint density at radius 1 is 0.750 bits per heavy atom. The lowest BCUT2D eigenvalue weighted by Gasteiger charge is -2.30. The van der Waals surface area contributed by atoms with Gasteiger partial charge in [0.1, 0.15) is 0 Å². The van der Waals surface area contributed by atoms with Gasteiger partial charge in [0.2, 0.25) is 5.91 Å². The maximum absolute atomic E-state index is 10.8. The molecule has 1 radical (unpaired) electrons. The van der Waals surface area contributed by atoms with Crippen LogP contribution in [-0.4, -0.2) is 59.2 Å². The molecule has 3 N–H and O–H groups in total. The molecular weight excluding hydrogens is 410 g/mol. The average molecular weight is 441 g/mol. The van der Waals surface area contributed by atoms with E-state index in [4.69, 9.17) is 10.8 Å². The minimum absolute atomic E-state index is 0.203. The Balaban J connectivity index is 0.000000258. The summed E-state index contributed by atoms with van der Waals surface area (Å²) in [5.41, 5.74) is 8.90. The lowest BCUT2D eigenvalue weighted by atomic mass is 10.0. The van der Waals surface area contributed by atoms with Crippen LogP contribution in [0.1, 0.15) is 29.5 Å². The van der Waals surface area contributed by atoms with E-state index >= 15 is 0 Å². The molecule has 0 aromatic heterocycles. The van der Waals surface area contributed by atoms with Gasteiger partial charge >= 0.3 is 12.2 Å². The molecule has 0 saturated carbocycles. The second-order valence-corrected chi connectivity index (χ2v) is 7.67. The molecule has 1 aliphatic rings. The highest BCUT2D eigenvalue weighted by atomic mass is 16.4. The summed E-state index contributed by atoms with van der Waals surface area (Å²) in [6.07, 6.45) is 2.70. The maximum atomic E-state index is 10.8. The van der Waals surface area contributed by atoms with Gasteiger partial charge in [-0.05, 0) is 42.4 Å². The smallest absolute Gasteiger partial charge is 0.453 e. The third-order valence-corrected chi connectivity index (χ3v) is 5.23. The van der Waals surface area contributed by atoms with Crippen molar-refractivity contribution >= 4 is 18.1 Å². The first-order valence-corrected chi connectivity index (χ1v) is 10.7. The van der Waals surface area contributed by atoms with E-state index < -0.39 is 12.2 Å². The van der Waals surface area contributed by atoms with Gasteiger partial charge in [-0.1, -0.05) is 54.6 Å². The van der Waals surface area contributed by atoms with Crippen molar-refractivity contribution in [2.75, 3.05) is 26.2 Å². The highest BCUT2D eigenvalue weighted by Crippen LogP contribution is 2.11. The first kappa shape index (κ1) is 24.7. The van der Waals surface area contributed by atoms with Crippen molar-refractivity contribution in [1.29, 1.82) is 0 Å². The Morgan fingerprint density at radius 2 is 1.22 bits per heavy atom. The molecule has 171 valence electrons. The molecule has 1 heterocycles. The van der Waals surface area contributed by atoms with E-state index in [-0.39, 0.29) is 32.1 Å². The average Bonchev–Trinajstić information content (AvgIpc) is 2.78. The number of hydrogen-bond acceptors (Lipinski definition) is 3. The lowest BCUT2D eigenvalue weighted by Crippen LogP contribution is -2.49. The second-order valence-electron chi connectivity index (χ2n) is 7.67. The van der Waals surface area contributed by atoms with E-state index in [9.17, 15) is 19.5 Å². The zero-order valence-corrected chi connectivity index (χ0v) is 18.1. The Bertz CT molecular complexity index is 841. The number of carbonyl (C=O) groups is 3. The molecule has 0 aliphatic carbocycles. The molecule has 1 saturated heterocycles. The van der Waals surface area contributed by atoms with E-state index in [1.165, 1.54) is 28.9 Å². The van der Waals surface area contributed by atoms with Gasteiger partial charge < -0.3 is 20.6 Å². The standard InChI is InChI=1S/C18H21NO.C6H9N2O4/c19-18(20)14-17-12-10-16(11-13-17)9-5-4-8-15-6-2-1-3-7-15;9-5(10)7-1-2-8(4-3-7)6(11)12/h1-3,6-7,10-13H,4-5,8-9,14H2,(H2,19,20);1-4H2,(H,9,10). The third-order valence-electron chi connectivity index (χ3n) is 5.23. The largest absolute Gasteiger partial charge is 0.465 e. The van der Waals surface area contributed by atoms with Crippen LogP contribution in [0.15, 0.2) is 54.6 Å². The third kappa shape index (κ3) is 9.07. The number of hydrogen-bond donors (Lipinski definition) is 2. The summed E-state index contributed by atoms with van der Waals surface area (Å²) in [6, 6.07) is 18.8. The highest BCUT2D eigenvalue weighted by Gasteiger charge is 2.23. The molecule has 0 bridgehead atoms. The van der Waals surface area contributed by atoms with E-state index in [2.05, 4.69) is 42.5 Å². The number of amides is 3. The van der Waals surface area contributed by atoms with Crippen molar-refractivity contribution in [3.63, 3.8) is 0 Å². The molecule has 2 aromatic rings. The van der Waals surface area contributed by atoms with Crippen molar-refractivity contribution in [1.82, 2.24) is 9.80 Å². The Morgan fingerprint density at radius 3 is 1.69 bits per heavy atom. The number of rotatable bonds is 7. The summed E-state index contributed by atoms with van der Waals surface area (Å²) >= 11 is 0.